The van der Waals surface area contributed by atoms with Crippen LogP contribution in [0.3, 0.4) is 0 Å². The SMILES string of the molecule is NC(=O)C1=C(N)c2c(nc(NC3CCCCC3)nc2-c2ccc(Cl)c(Cl)c2)SC1. The van der Waals surface area contributed by atoms with Crippen molar-refractivity contribution in [1.82, 2.24) is 9.97 Å². The van der Waals surface area contributed by atoms with Gasteiger partial charge < -0.3 is 16.8 Å². The Labute approximate surface area is 183 Å². The number of amides is 1. The van der Waals surface area contributed by atoms with E-state index in [0.29, 0.717) is 50.3 Å². The molecule has 0 spiro atoms. The predicted octanol–water partition coefficient (Wildman–Crippen LogP) is 4.46. The number of hydrogen-bond donors (Lipinski definition) is 3. The molecule has 0 radical (unpaired) electrons. The number of nitrogens with zero attached hydrogens (tertiary/aromatic N) is 2. The number of hydrogen-bond acceptors (Lipinski definition) is 6. The summed E-state index contributed by atoms with van der Waals surface area (Å²) in [6.07, 6.45) is 5.88. The van der Waals surface area contributed by atoms with Crippen molar-refractivity contribution in [3.05, 3.63) is 39.4 Å². The molecule has 29 heavy (non-hydrogen) atoms. The molecule has 9 heteroatoms. The van der Waals surface area contributed by atoms with Crippen LogP contribution in [0, 0.1) is 0 Å². The lowest BCUT2D eigenvalue weighted by Gasteiger charge is -2.25. The number of carbonyl (C=O) groups is 1. The van der Waals surface area contributed by atoms with E-state index in [4.69, 9.17) is 44.6 Å². The average Bonchev–Trinajstić information content (AvgIpc) is 2.70. The first-order valence-electron chi connectivity index (χ1n) is 9.49. The number of anilines is 1. The maximum absolute atomic E-state index is 11.8. The Morgan fingerprint density at radius 2 is 1.90 bits per heavy atom. The Hall–Kier alpha value is -1.96. The van der Waals surface area contributed by atoms with E-state index >= 15 is 0 Å². The molecule has 1 amide bonds. The zero-order valence-electron chi connectivity index (χ0n) is 15.7. The summed E-state index contributed by atoms with van der Waals surface area (Å²) in [7, 11) is 0. The lowest BCUT2D eigenvalue weighted by atomic mass is 9.96. The van der Waals surface area contributed by atoms with Crippen LogP contribution in [0.15, 0.2) is 28.8 Å². The first kappa shape index (κ1) is 20.3. The van der Waals surface area contributed by atoms with Gasteiger partial charge >= 0.3 is 0 Å². The van der Waals surface area contributed by atoms with Gasteiger partial charge in [-0.15, -0.1) is 11.8 Å². The van der Waals surface area contributed by atoms with Crippen molar-refractivity contribution in [2.45, 2.75) is 43.2 Å². The third-order valence-corrected chi connectivity index (χ3v) is 6.99. The molecule has 1 aliphatic heterocycles. The summed E-state index contributed by atoms with van der Waals surface area (Å²) in [5, 5.41) is 5.07. The van der Waals surface area contributed by atoms with Crippen LogP contribution < -0.4 is 16.8 Å². The molecule has 5 N–H and O–H groups in total. The molecule has 2 aliphatic rings. The van der Waals surface area contributed by atoms with E-state index in [2.05, 4.69) is 5.32 Å². The van der Waals surface area contributed by atoms with E-state index in [0.717, 1.165) is 23.4 Å². The van der Waals surface area contributed by atoms with Crippen molar-refractivity contribution in [2.75, 3.05) is 11.1 Å². The zero-order valence-corrected chi connectivity index (χ0v) is 18.0. The third-order valence-electron chi connectivity index (χ3n) is 5.25. The van der Waals surface area contributed by atoms with Gasteiger partial charge in [-0.1, -0.05) is 48.5 Å². The highest BCUT2D eigenvalue weighted by molar-refractivity contribution is 7.99. The fraction of sp³-hybridized carbons (Fsp3) is 0.350. The monoisotopic (exact) mass is 449 g/mol. The first-order valence-corrected chi connectivity index (χ1v) is 11.2. The largest absolute Gasteiger partial charge is 0.398 e. The van der Waals surface area contributed by atoms with Crippen LogP contribution >= 0.6 is 35.0 Å². The number of halogens is 2. The van der Waals surface area contributed by atoms with Crippen molar-refractivity contribution in [2.24, 2.45) is 11.5 Å². The highest BCUT2D eigenvalue weighted by Crippen LogP contribution is 2.40. The van der Waals surface area contributed by atoms with E-state index < -0.39 is 5.91 Å². The Bertz CT molecular complexity index is 1000. The third kappa shape index (κ3) is 4.17. The number of aromatic nitrogens is 2. The van der Waals surface area contributed by atoms with E-state index in [9.17, 15) is 4.79 Å². The lowest BCUT2D eigenvalue weighted by molar-refractivity contribution is -0.114. The molecule has 152 valence electrons. The minimum absolute atomic E-state index is 0.316. The zero-order chi connectivity index (χ0) is 20.5. The Balaban J connectivity index is 1.84. The van der Waals surface area contributed by atoms with Crippen LogP contribution in [0.4, 0.5) is 5.95 Å². The molecule has 4 rings (SSSR count). The molecule has 1 fully saturated rings. The first-order chi connectivity index (χ1) is 13.9. The topological polar surface area (TPSA) is 107 Å². The summed E-state index contributed by atoms with van der Waals surface area (Å²) < 4.78 is 0. The Morgan fingerprint density at radius 3 is 2.59 bits per heavy atom. The fourth-order valence-electron chi connectivity index (χ4n) is 3.71. The normalized spacial score (nSPS) is 17.2. The van der Waals surface area contributed by atoms with Gasteiger partial charge in [0.2, 0.25) is 11.9 Å². The van der Waals surface area contributed by atoms with Gasteiger partial charge in [-0.25, -0.2) is 9.97 Å². The van der Waals surface area contributed by atoms with Crippen LogP contribution in [0.2, 0.25) is 10.0 Å². The standard InChI is InChI=1S/C20H21Cl2N5OS/c21-13-7-6-10(8-14(13)22)17-15-16(23)12(18(24)28)9-29-19(15)27-20(26-17)25-11-4-2-1-3-5-11/h6-8,11H,1-5,9,23H2,(H2,24,28)(H,25,26,27). The van der Waals surface area contributed by atoms with Gasteiger partial charge in [-0.3, -0.25) is 4.79 Å². The van der Waals surface area contributed by atoms with Crippen LogP contribution in [-0.2, 0) is 4.79 Å². The lowest BCUT2D eigenvalue weighted by Crippen LogP contribution is -2.26. The summed E-state index contributed by atoms with van der Waals surface area (Å²) in [5.74, 6) is 0.402. The summed E-state index contributed by atoms with van der Waals surface area (Å²) in [4.78, 5) is 21.3. The highest BCUT2D eigenvalue weighted by Gasteiger charge is 2.28. The maximum atomic E-state index is 11.8. The number of rotatable bonds is 4. The van der Waals surface area contributed by atoms with Crippen molar-refractivity contribution in [3.8, 4) is 11.3 Å². The summed E-state index contributed by atoms with van der Waals surface area (Å²) in [6.45, 7) is 0. The predicted molar refractivity (Wildman–Crippen MR) is 119 cm³/mol. The van der Waals surface area contributed by atoms with E-state index in [1.54, 1.807) is 12.1 Å². The Kier molecular flexibility index (Phi) is 5.90. The molecule has 1 aromatic heterocycles. The summed E-state index contributed by atoms with van der Waals surface area (Å²) in [5.41, 5.74) is 14.5. The van der Waals surface area contributed by atoms with Crippen molar-refractivity contribution in [1.29, 1.82) is 0 Å². The van der Waals surface area contributed by atoms with Gasteiger partial charge in [0.05, 0.1) is 32.6 Å². The van der Waals surface area contributed by atoms with Crippen LogP contribution in [0.1, 0.15) is 37.7 Å². The van der Waals surface area contributed by atoms with E-state index in [-0.39, 0.29) is 0 Å². The van der Waals surface area contributed by atoms with Gasteiger partial charge in [-0.2, -0.15) is 0 Å². The number of benzene rings is 1. The van der Waals surface area contributed by atoms with Crippen molar-refractivity contribution < 1.29 is 4.79 Å². The second-order valence-corrected chi connectivity index (χ2v) is 9.01. The van der Waals surface area contributed by atoms with E-state index in [1.165, 1.54) is 31.0 Å². The molecule has 0 saturated heterocycles. The maximum Gasteiger partial charge on any atom is 0.247 e. The number of thioether (sulfide) groups is 1. The average molecular weight is 450 g/mol. The molecule has 1 aromatic carbocycles. The minimum Gasteiger partial charge on any atom is -0.398 e. The number of fused-ring (bicyclic) bond motifs is 1. The number of nitrogens with one attached hydrogen (secondary N) is 1. The smallest absolute Gasteiger partial charge is 0.247 e. The Morgan fingerprint density at radius 1 is 1.14 bits per heavy atom. The van der Waals surface area contributed by atoms with Gasteiger partial charge in [0.15, 0.2) is 0 Å². The van der Waals surface area contributed by atoms with Gasteiger partial charge in [0.25, 0.3) is 0 Å². The molecular weight excluding hydrogens is 429 g/mol. The number of nitrogens with two attached hydrogens (primary N) is 2. The molecule has 0 unspecified atom stereocenters. The van der Waals surface area contributed by atoms with Crippen molar-refractivity contribution in [3.63, 3.8) is 0 Å². The highest BCUT2D eigenvalue weighted by atomic mass is 35.5. The molecule has 6 nitrogen and oxygen atoms in total. The quantitative estimate of drug-likeness (QED) is 0.594. The van der Waals surface area contributed by atoms with Crippen LogP contribution in [0.25, 0.3) is 17.0 Å². The van der Waals surface area contributed by atoms with Crippen molar-refractivity contribution >= 4 is 52.5 Å². The fourth-order valence-corrected chi connectivity index (χ4v) is 5.09. The summed E-state index contributed by atoms with van der Waals surface area (Å²) >= 11 is 13.8. The minimum atomic E-state index is -0.537. The number of carbonyl (C=O) groups excluding carboxylic acids is 1. The van der Waals surface area contributed by atoms with Gasteiger partial charge in [0, 0.05) is 17.4 Å². The summed E-state index contributed by atoms with van der Waals surface area (Å²) in [6, 6.07) is 5.64. The van der Waals surface area contributed by atoms with E-state index in [1.807, 2.05) is 6.07 Å². The molecule has 1 saturated carbocycles. The molecule has 2 aromatic rings. The van der Waals surface area contributed by atoms with Crippen LogP contribution in [-0.4, -0.2) is 27.7 Å². The second-order valence-electron chi connectivity index (χ2n) is 7.23. The molecule has 1 aliphatic carbocycles. The molecule has 0 atom stereocenters. The van der Waals surface area contributed by atoms with Gasteiger partial charge in [0.1, 0.15) is 5.03 Å². The second kappa shape index (κ2) is 8.42. The molecular formula is C20H21Cl2N5OS. The van der Waals surface area contributed by atoms with Gasteiger partial charge in [-0.05, 0) is 25.0 Å². The molecule has 0 bridgehead atoms. The van der Waals surface area contributed by atoms with Crippen LogP contribution in [0.5, 0.6) is 0 Å². The number of primary amides is 1. The molecule has 2 heterocycles.